The molecule has 0 unspecified atom stereocenters. The topological polar surface area (TPSA) is 94.3 Å². The number of aryl methyl sites for hydroxylation is 1. The summed E-state index contributed by atoms with van der Waals surface area (Å²) in [7, 11) is -2.07. The molecule has 3 rings (SSSR count). The van der Waals surface area contributed by atoms with Crippen molar-refractivity contribution in [1.29, 1.82) is 0 Å². The Morgan fingerprint density at radius 2 is 2.08 bits per heavy atom. The molecule has 0 amide bonds. The molecule has 7 nitrogen and oxygen atoms in total. The zero-order valence-corrected chi connectivity index (χ0v) is 14.6. The summed E-state index contributed by atoms with van der Waals surface area (Å²) in [6.07, 6.45) is 4.49. The first-order valence-corrected chi connectivity index (χ1v) is 9.55. The largest absolute Gasteiger partial charge is 0.496 e. The van der Waals surface area contributed by atoms with Crippen LogP contribution < -0.4 is 9.46 Å². The lowest BCUT2D eigenvalue weighted by Crippen LogP contribution is -2.32. The van der Waals surface area contributed by atoms with Gasteiger partial charge in [0.25, 0.3) is 0 Å². The van der Waals surface area contributed by atoms with Crippen LogP contribution in [0.1, 0.15) is 38.5 Å². The molecule has 1 aromatic heterocycles. The van der Waals surface area contributed by atoms with Crippen LogP contribution in [-0.2, 0) is 16.4 Å². The van der Waals surface area contributed by atoms with Gasteiger partial charge in [-0.1, -0.05) is 24.9 Å². The van der Waals surface area contributed by atoms with Gasteiger partial charge in [0.2, 0.25) is 21.7 Å². The van der Waals surface area contributed by atoms with Crippen molar-refractivity contribution >= 4 is 10.0 Å². The number of hydrogen-bond donors (Lipinski definition) is 1. The van der Waals surface area contributed by atoms with Crippen LogP contribution in [0, 0.1) is 0 Å². The molecule has 24 heavy (non-hydrogen) atoms. The Morgan fingerprint density at radius 3 is 2.71 bits per heavy atom. The minimum atomic E-state index is -3.59. The lowest BCUT2D eigenvalue weighted by atomic mass is 10.2. The van der Waals surface area contributed by atoms with Gasteiger partial charge in [-0.25, -0.2) is 13.1 Å². The van der Waals surface area contributed by atoms with Crippen LogP contribution in [0.3, 0.4) is 0 Å². The average molecular weight is 351 g/mol. The molecule has 2 aromatic rings. The number of ether oxygens (including phenoxy) is 1. The van der Waals surface area contributed by atoms with E-state index in [2.05, 4.69) is 14.9 Å². The van der Waals surface area contributed by atoms with E-state index in [9.17, 15) is 8.42 Å². The summed E-state index contributed by atoms with van der Waals surface area (Å²) in [6, 6.07) is 4.68. The molecular weight excluding hydrogens is 330 g/mol. The first-order chi connectivity index (χ1) is 11.5. The number of sulfonamides is 1. The highest BCUT2D eigenvalue weighted by Crippen LogP contribution is 2.31. The average Bonchev–Trinajstić information content (AvgIpc) is 3.25. The van der Waals surface area contributed by atoms with E-state index >= 15 is 0 Å². The molecule has 0 atom stereocenters. The van der Waals surface area contributed by atoms with E-state index in [-0.39, 0.29) is 10.9 Å². The third-order valence-electron chi connectivity index (χ3n) is 4.17. The summed E-state index contributed by atoms with van der Waals surface area (Å²) in [5, 5.41) is 3.91. The number of nitrogens with one attached hydrogen (secondary N) is 1. The van der Waals surface area contributed by atoms with E-state index in [4.69, 9.17) is 9.26 Å². The first kappa shape index (κ1) is 16.9. The van der Waals surface area contributed by atoms with E-state index in [1.165, 1.54) is 19.2 Å². The first-order valence-electron chi connectivity index (χ1n) is 8.07. The standard InChI is InChI=1S/C16H21N3O4S/c1-3-15-17-16(18-23-15)13-10-12(8-9-14(13)22-2)24(20,21)19-11-6-4-5-7-11/h8-11,19H,3-7H2,1-2H3. The fourth-order valence-corrected chi connectivity index (χ4v) is 4.20. The smallest absolute Gasteiger partial charge is 0.240 e. The van der Waals surface area contributed by atoms with Crippen LogP contribution in [0.15, 0.2) is 27.6 Å². The molecule has 1 aromatic carbocycles. The molecule has 0 radical (unpaired) electrons. The molecule has 130 valence electrons. The Bertz CT molecular complexity index is 810. The summed E-state index contributed by atoms with van der Waals surface area (Å²) in [6.45, 7) is 1.90. The molecule has 1 heterocycles. The normalized spacial score (nSPS) is 15.8. The van der Waals surface area contributed by atoms with Gasteiger partial charge in [-0.05, 0) is 31.0 Å². The summed E-state index contributed by atoms with van der Waals surface area (Å²) in [4.78, 5) is 4.44. The fourth-order valence-electron chi connectivity index (χ4n) is 2.87. The summed E-state index contributed by atoms with van der Waals surface area (Å²) in [5.41, 5.74) is 0.496. The maximum absolute atomic E-state index is 12.6. The van der Waals surface area contributed by atoms with Gasteiger partial charge in [0, 0.05) is 12.5 Å². The maximum Gasteiger partial charge on any atom is 0.240 e. The second kappa shape index (κ2) is 6.90. The van der Waals surface area contributed by atoms with Crippen LogP contribution in [-0.4, -0.2) is 31.7 Å². The Balaban J connectivity index is 1.96. The van der Waals surface area contributed by atoms with Crippen LogP contribution in [0.5, 0.6) is 5.75 Å². The Morgan fingerprint density at radius 1 is 1.33 bits per heavy atom. The van der Waals surface area contributed by atoms with Crippen LogP contribution in [0.25, 0.3) is 11.4 Å². The minimum absolute atomic E-state index is 0.0115. The van der Waals surface area contributed by atoms with E-state index in [1.807, 2.05) is 6.92 Å². The number of rotatable bonds is 6. The second-order valence-corrected chi connectivity index (χ2v) is 7.54. The van der Waals surface area contributed by atoms with Crippen molar-refractivity contribution in [3.8, 4) is 17.1 Å². The van der Waals surface area contributed by atoms with Gasteiger partial charge in [0.15, 0.2) is 0 Å². The van der Waals surface area contributed by atoms with Crippen molar-refractivity contribution in [2.24, 2.45) is 0 Å². The van der Waals surface area contributed by atoms with Crippen molar-refractivity contribution in [1.82, 2.24) is 14.9 Å². The predicted octanol–water partition coefficient (Wildman–Crippen LogP) is 2.53. The van der Waals surface area contributed by atoms with E-state index in [0.717, 1.165) is 25.7 Å². The summed E-state index contributed by atoms with van der Waals surface area (Å²) >= 11 is 0. The van der Waals surface area contributed by atoms with Crippen molar-refractivity contribution in [2.75, 3.05) is 7.11 Å². The van der Waals surface area contributed by atoms with Crippen LogP contribution in [0.4, 0.5) is 0 Å². The monoisotopic (exact) mass is 351 g/mol. The number of aromatic nitrogens is 2. The lowest BCUT2D eigenvalue weighted by Gasteiger charge is -2.14. The zero-order chi connectivity index (χ0) is 17.2. The third kappa shape index (κ3) is 3.44. The van der Waals surface area contributed by atoms with E-state index in [1.54, 1.807) is 6.07 Å². The van der Waals surface area contributed by atoms with Crippen LogP contribution >= 0.6 is 0 Å². The fraction of sp³-hybridized carbons (Fsp3) is 0.500. The molecule has 0 saturated heterocycles. The SMILES string of the molecule is CCc1nc(-c2cc(S(=O)(=O)NC3CCCC3)ccc2OC)no1. The van der Waals surface area contributed by atoms with Crippen molar-refractivity contribution < 1.29 is 17.7 Å². The second-order valence-electron chi connectivity index (χ2n) is 5.83. The zero-order valence-electron chi connectivity index (χ0n) is 13.8. The molecule has 1 fully saturated rings. The van der Waals surface area contributed by atoms with Gasteiger partial charge in [-0.15, -0.1) is 0 Å². The van der Waals surface area contributed by atoms with E-state index < -0.39 is 10.0 Å². The van der Waals surface area contributed by atoms with E-state index in [0.29, 0.717) is 29.4 Å². The molecule has 0 bridgehead atoms. The van der Waals surface area contributed by atoms with Gasteiger partial charge in [-0.2, -0.15) is 4.98 Å². The predicted molar refractivity (Wildman–Crippen MR) is 88.2 cm³/mol. The highest BCUT2D eigenvalue weighted by atomic mass is 32.2. The van der Waals surface area contributed by atoms with Gasteiger partial charge < -0.3 is 9.26 Å². The maximum atomic E-state index is 12.6. The Hall–Kier alpha value is -1.93. The molecule has 1 aliphatic carbocycles. The number of nitrogens with zero attached hydrogens (tertiary/aromatic N) is 2. The molecule has 0 spiro atoms. The molecule has 1 aliphatic rings. The van der Waals surface area contributed by atoms with Gasteiger partial charge in [0.1, 0.15) is 5.75 Å². The quantitative estimate of drug-likeness (QED) is 0.859. The Labute approximate surface area is 141 Å². The molecular formula is C16H21N3O4S. The highest BCUT2D eigenvalue weighted by molar-refractivity contribution is 7.89. The highest BCUT2D eigenvalue weighted by Gasteiger charge is 2.24. The number of methoxy groups -OCH3 is 1. The van der Waals surface area contributed by atoms with Crippen molar-refractivity contribution in [2.45, 2.75) is 50.0 Å². The van der Waals surface area contributed by atoms with Crippen molar-refractivity contribution in [3.63, 3.8) is 0 Å². The van der Waals surface area contributed by atoms with Gasteiger partial charge >= 0.3 is 0 Å². The summed E-state index contributed by atoms with van der Waals surface area (Å²) < 4.78 is 38.4. The lowest BCUT2D eigenvalue weighted by molar-refractivity contribution is 0.382. The molecule has 8 heteroatoms. The molecule has 1 N–H and O–H groups in total. The molecule has 1 saturated carbocycles. The van der Waals surface area contributed by atoms with Crippen molar-refractivity contribution in [3.05, 3.63) is 24.1 Å². The van der Waals surface area contributed by atoms with Gasteiger partial charge in [0.05, 0.1) is 17.6 Å². The van der Waals surface area contributed by atoms with Crippen LogP contribution in [0.2, 0.25) is 0 Å². The number of benzene rings is 1. The Kier molecular flexibility index (Phi) is 4.86. The van der Waals surface area contributed by atoms with Gasteiger partial charge in [-0.3, -0.25) is 0 Å². The minimum Gasteiger partial charge on any atom is -0.496 e. The molecule has 0 aliphatic heterocycles. The summed E-state index contributed by atoms with van der Waals surface area (Å²) in [5.74, 6) is 1.31. The number of hydrogen-bond acceptors (Lipinski definition) is 6. The third-order valence-corrected chi connectivity index (χ3v) is 5.69.